The van der Waals surface area contributed by atoms with Crippen molar-refractivity contribution in [3.63, 3.8) is 0 Å². The maximum Gasteiger partial charge on any atom is 0.316 e. The molecule has 0 heterocycles. The predicted molar refractivity (Wildman–Crippen MR) is 118 cm³/mol. The third-order valence-electron chi connectivity index (χ3n) is 5.76. The number of carbonyl (C=O) groups is 2. The van der Waals surface area contributed by atoms with E-state index in [4.69, 9.17) is 4.74 Å². The number of esters is 1. The second-order valence-electron chi connectivity index (χ2n) is 8.89. The molecule has 3 heteroatoms. The van der Waals surface area contributed by atoms with Gasteiger partial charge in [-0.05, 0) is 56.4 Å². The number of rotatable bonds is 3. The molecule has 2 aromatic carbocycles. The third-order valence-corrected chi connectivity index (χ3v) is 5.76. The molecule has 0 unspecified atom stereocenters. The fraction of sp³-hybridized carbons (Fsp3) is 0.259. The van der Waals surface area contributed by atoms with Crippen LogP contribution in [0.3, 0.4) is 0 Å². The third kappa shape index (κ3) is 3.35. The average molecular weight is 399 g/mol. The molecule has 0 bridgehead atoms. The van der Waals surface area contributed by atoms with Crippen molar-refractivity contribution in [2.75, 3.05) is 0 Å². The lowest BCUT2D eigenvalue weighted by Crippen LogP contribution is -2.33. The monoisotopic (exact) mass is 398 g/mol. The first-order chi connectivity index (χ1) is 14.3. The number of ketones is 1. The van der Waals surface area contributed by atoms with Gasteiger partial charge in [-0.3, -0.25) is 9.59 Å². The van der Waals surface area contributed by atoms with E-state index in [2.05, 4.69) is 6.08 Å². The standard InChI is InChI=1S/C27H26O3/c1-26(2,3)25(29)30-22-17-11-10-12-19-18-27(24(28)23(19)22,20-13-6-4-7-14-20)21-15-8-5-9-16-21/h4-9,11-17H,10,18H2,1-3H3. The summed E-state index contributed by atoms with van der Waals surface area (Å²) in [7, 11) is 0. The Hall–Kier alpha value is -3.20. The number of Topliss-reactive ketones (excluding diaryl/α,β-unsaturated/α-hetero) is 1. The summed E-state index contributed by atoms with van der Waals surface area (Å²) >= 11 is 0. The first-order valence-electron chi connectivity index (χ1n) is 10.3. The van der Waals surface area contributed by atoms with Crippen molar-refractivity contribution in [1.82, 2.24) is 0 Å². The van der Waals surface area contributed by atoms with Gasteiger partial charge in [0.05, 0.1) is 16.4 Å². The Bertz CT molecular complexity index is 1020. The van der Waals surface area contributed by atoms with Gasteiger partial charge in [-0.25, -0.2) is 0 Å². The fourth-order valence-electron chi connectivity index (χ4n) is 4.14. The SMILES string of the molecule is CC(C)(C)C(=O)OC1=C2C(=O)C(c3ccccc3)(c3ccccc3)CC2=CCC=C1. The zero-order chi connectivity index (χ0) is 21.4. The molecule has 0 radical (unpaired) electrons. The Morgan fingerprint density at radius 1 is 0.933 bits per heavy atom. The summed E-state index contributed by atoms with van der Waals surface area (Å²) < 4.78 is 5.78. The van der Waals surface area contributed by atoms with Crippen LogP contribution >= 0.6 is 0 Å². The minimum Gasteiger partial charge on any atom is -0.425 e. The van der Waals surface area contributed by atoms with Gasteiger partial charge in [0.2, 0.25) is 0 Å². The minimum absolute atomic E-state index is 0.0191. The second kappa shape index (κ2) is 7.56. The largest absolute Gasteiger partial charge is 0.425 e. The topological polar surface area (TPSA) is 43.4 Å². The number of hydrogen-bond donors (Lipinski definition) is 0. The Balaban J connectivity index is 1.92. The normalized spacial score (nSPS) is 18.0. The Kier molecular flexibility index (Phi) is 5.07. The van der Waals surface area contributed by atoms with Gasteiger partial charge in [0.1, 0.15) is 5.76 Å². The number of hydrogen-bond acceptors (Lipinski definition) is 3. The van der Waals surface area contributed by atoms with E-state index in [1.807, 2.05) is 87.5 Å². The highest BCUT2D eigenvalue weighted by atomic mass is 16.5. The van der Waals surface area contributed by atoms with E-state index in [0.717, 1.165) is 16.7 Å². The van der Waals surface area contributed by atoms with Gasteiger partial charge >= 0.3 is 5.97 Å². The van der Waals surface area contributed by atoms with Gasteiger partial charge in [0.15, 0.2) is 5.78 Å². The molecule has 0 atom stereocenters. The van der Waals surface area contributed by atoms with Crippen LogP contribution < -0.4 is 0 Å². The summed E-state index contributed by atoms with van der Waals surface area (Å²) in [5.41, 5.74) is 1.88. The van der Waals surface area contributed by atoms with E-state index >= 15 is 0 Å². The molecule has 2 aliphatic carbocycles. The van der Waals surface area contributed by atoms with E-state index in [1.54, 1.807) is 6.08 Å². The highest BCUT2D eigenvalue weighted by Crippen LogP contribution is 2.50. The molecular weight excluding hydrogens is 372 g/mol. The van der Waals surface area contributed by atoms with Crippen molar-refractivity contribution in [1.29, 1.82) is 0 Å². The average Bonchev–Trinajstić information content (AvgIpc) is 2.89. The molecule has 0 spiro atoms. The van der Waals surface area contributed by atoms with Gasteiger partial charge in [-0.15, -0.1) is 0 Å². The lowest BCUT2D eigenvalue weighted by atomic mass is 9.72. The lowest BCUT2D eigenvalue weighted by molar-refractivity contribution is -0.148. The van der Waals surface area contributed by atoms with Crippen molar-refractivity contribution < 1.29 is 14.3 Å². The van der Waals surface area contributed by atoms with Crippen molar-refractivity contribution in [2.45, 2.75) is 39.0 Å². The van der Waals surface area contributed by atoms with Gasteiger partial charge in [-0.2, -0.15) is 0 Å². The molecule has 2 aromatic rings. The van der Waals surface area contributed by atoms with Gasteiger partial charge < -0.3 is 4.74 Å². The van der Waals surface area contributed by atoms with Crippen molar-refractivity contribution in [3.05, 3.63) is 107 Å². The van der Waals surface area contributed by atoms with Crippen LogP contribution in [-0.2, 0) is 19.7 Å². The van der Waals surface area contributed by atoms with Crippen molar-refractivity contribution in [3.8, 4) is 0 Å². The molecule has 0 aliphatic heterocycles. The Labute approximate surface area is 177 Å². The molecule has 4 rings (SSSR count). The smallest absolute Gasteiger partial charge is 0.316 e. The molecular formula is C27H26O3. The molecule has 0 saturated heterocycles. The summed E-state index contributed by atoms with van der Waals surface area (Å²) in [6.07, 6.45) is 7.03. The molecule has 0 N–H and O–H groups in total. The van der Waals surface area contributed by atoms with Crippen LogP contribution in [0.25, 0.3) is 0 Å². The molecule has 0 amide bonds. The molecule has 0 aromatic heterocycles. The highest BCUT2D eigenvalue weighted by molar-refractivity contribution is 6.13. The Morgan fingerprint density at radius 2 is 1.50 bits per heavy atom. The maximum atomic E-state index is 14.1. The summed E-state index contributed by atoms with van der Waals surface area (Å²) in [6, 6.07) is 19.8. The lowest BCUT2D eigenvalue weighted by Gasteiger charge is -2.28. The van der Waals surface area contributed by atoms with Crippen LogP contribution in [0.15, 0.2) is 95.8 Å². The molecule has 1 fully saturated rings. The Morgan fingerprint density at radius 3 is 2.03 bits per heavy atom. The zero-order valence-corrected chi connectivity index (χ0v) is 17.6. The summed E-state index contributed by atoms with van der Waals surface area (Å²) in [4.78, 5) is 26.8. The van der Waals surface area contributed by atoms with Gasteiger partial charge in [0.25, 0.3) is 0 Å². The number of fused-ring (bicyclic) bond motifs is 1. The van der Waals surface area contributed by atoms with Crippen LogP contribution in [0.2, 0.25) is 0 Å². The van der Waals surface area contributed by atoms with E-state index in [1.165, 1.54) is 0 Å². The summed E-state index contributed by atoms with van der Waals surface area (Å²) in [5.74, 6) is -0.00700. The fourth-order valence-corrected chi connectivity index (χ4v) is 4.14. The summed E-state index contributed by atoms with van der Waals surface area (Å²) in [5, 5.41) is 0. The van der Waals surface area contributed by atoms with Crippen molar-refractivity contribution >= 4 is 11.8 Å². The molecule has 1 saturated carbocycles. The van der Waals surface area contributed by atoms with Crippen LogP contribution in [0.5, 0.6) is 0 Å². The molecule has 152 valence electrons. The van der Waals surface area contributed by atoms with E-state index in [-0.39, 0.29) is 11.8 Å². The van der Waals surface area contributed by atoms with Crippen LogP contribution in [-0.4, -0.2) is 11.8 Å². The highest BCUT2D eigenvalue weighted by Gasteiger charge is 2.51. The second-order valence-corrected chi connectivity index (χ2v) is 8.89. The first kappa shape index (κ1) is 20.1. The number of benzene rings is 2. The maximum absolute atomic E-state index is 14.1. The molecule has 3 nitrogen and oxygen atoms in total. The quantitative estimate of drug-likeness (QED) is 0.625. The van der Waals surface area contributed by atoms with Gasteiger partial charge in [0, 0.05) is 0 Å². The number of carbonyl (C=O) groups excluding carboxylic acids is 2. The van der Waals surface area contributed by atoms with E-state index in [0.29, 0.717) is 24.2 Å². The number of allylic oxidation sites excluding steroid dienone is 5. The molecule has 30 heavy (non-hydrogen) atoms. The zero-order valence-electron chi connectivity index (χ0n) is 17.6. The van der Waals surface area contributed by atoms with Crippen LogP contribution in [0.1, 0.15) is 44.7 Å². The first-order valence-corrected chi connectivity index (χ1v) is 10.3. The predicted octanol–water partition coefficient (Wildman–Crippen LogP) is 5.68. The van der Waals surface area contributed by atoms with E-state index in [9.17, 15) is 9.59 Å². The van der Waals surface area contributed by atoms with Gasteiger partial charge in [-0.1, -0.05) is 72.8 Å². The van der Waals surface area contributed by atoms with Crippen LogP contribution in [0, 0.1) is 5.41 Å². The number of ether oxygens (including phenoxy) is 1. The molecule has 2 aliphatic rings. The summed E-state index contributed by atoms with van der Waals surface area (Å²) in [6.45, 7) is 5.44. The van der Waals surface area contributed by atoms with Crippen LogP contribution in [0.4, 0.5) is 0 Å². The van der Waals surface area contributed by atoms with E-state index < -0.39 is 10.8 Å². The van der Waals surface area contributed by atoms with Crippen molar-refractivity contribution in [2.24, 2.45) is 5.41 Å². The minimum atomic E-state index is -0.825.